The number of carbonyl (C=O) groups is 1. The van der Waals surface area contributed by atoms with Crippen LogP contribution in [0.1, 0.15) is 13.3 Å². The van der Waals surface area contributed by atoms with Crippen LogP contribution < -0.4 is 0 Å². The van der Waals surface area contributed by atoms with Gasteiger partial charge >= 0.3 is 0 Å². The Balaban J connectivity index is 2.88. The van der Waals surface area contributed by atoms with Crippen LogP contribution in [-0.2, 0) is 4.79 Å². The van der Waals surface area contributed by atoms with Crippen LogP contribution in [0.2, 0.25) is 0 Å². The van der Waals surface area contributed by atoms with Gasteiger partial charge in [0.2, 0.25) is 0 Å². The molecule has 0 bridgehead atoms. The van der Waals surface area contributed by atoms with Gasteiger partial charge in [-0.15, -0.1) is 0 Å². The first-order valence-corrected chi connectivity index (χ1v) is 3.65. The molecule has 0 aliphatic heterocycles. The van der Waals surface area contributed by atoms with Crippen LogP contribution in [0.5, 0.6) is 0 Å². The number of Topliss-reactive ketones (excluding diaryl/α,β-unsaturated/α-hetero) is 1. The van der Waals surface area contributed by atoms with Crippen LogP contribution in [0.25, 0.3) is 0 Å². The summed E-state index contributed by atoms with van der Waals surface area (Å²) in [5.74, 6) is -0.324. The number of ketones is 1. The van der Waals surface area contributed by atoms with Crippen LogP contribution in [0.4, 0.5) is 0 Å². The van der Waals surface area contributed by atoms with E-state index in [0.717, 1.165) is 0 Å². The SMILES string of the molecule is C[C@H](O)[C@]1(O)C=C(Cl)C(=O)C1. The molecule has 1 rings (SSSR count). The van der Waals surface area contributed by atoms with E-state index in [1.807, 2.05) is 0 Å². The smallest absolute Gasteiger partial charge is 0.177 e. The second kappa shape index (κ2) is 2.59. The second-order valence-electron chi connectivity index (χ2n) is 2.76. The van der Waals surface area contributed by atoms with Gasteiger partial charge in [0.1, 0.15) is 5.60 Å². The molecule has 0 heterocycles. The molecule has 0 unspecified atom stereocenters. The fourth-order valence-electron chi connectivity index (χ4n) is 0.961. The Hall–Kier alpha value is -0.380. The van der Waals surface area contributed by atoms with Gasteiger partial charge in [-0.2, -0.15) is 0 Å². The number of halogens is 1. The third-order valence-electron chi connectivity index (χ3n) is 1.81. The lowest BCUT2D eigenvalue weighted by atomic mass is 9.98. The second-order valence-corrected chi connectivity index (χ2v) is 3.17. The van der Waals surface area contributed by atoms with Gasteiger partial charge in [-0.3, -0.25) is 4.79 Å². The Morgan fingerprint density at radius 3 is 2.55 bits per heavy atom. The average Bonchev–Trinajstić information content (AvgIpc) is 2.09. The van der Waals surface area contributed by atoms with E-state index in [2.05, 4.69) is 0 Å². The van der Waals surface area contributed by atoms with Crippen LogP contribution >= 0.6 is 11.6 Å². The van der Waals surface area contributed by atoms with Crippen molar-refractivity contribution in [1.29, 1.82) is 0 Å². The maximum atomic E-state index is 10.8. The van der Waals surface area contributed by atoms with E-state index in [4.69, 9.17) is 16.7 Å². The van der Waals surface area contributed by atoms with Crippen LogP contribution in [0.15, 0.2) is 11.1 Å². The number of aliphatic hydroxyl groups excluding tert-OH is 1. The van der Waals surface area contributed by atoms with Gasteiger partial charge in [0.05, 0.1) is 11.1 Å². The molecule has 0 amide bonds. The van der Waals surface area contributed by atoms with Gasteiger partial charge in [0.15, 0.2) is 5.78 Å². The van der Waals surface area contributed by atoms with E-state index in [-0.39, 0.29) is 17.2 Å². The summed E-state index contributed by atoms with van der Waals surface area (Å²) >= 11 is 5.43. The lowest BCUT2D eigenvalue weighted by molar-refractivity contribution is -0.119. The summed E-state index contributed by atoms with van der Waals surface area (Å²) < 4.78 is 0. The topological polar surface area (TPSA) is 57.5 Å². The van der Waals surface area contributed by atoms with E-state index in [1.54, 1.807) is 0 Å². The van der Waals surface area contributed by atoms with E-state index in [1.165, 1.54) is 13.0 Å². The molecule has 0 saturated carbocycles. The third kappa shape index (κ3) is 1.45. The maximum absolute atomic E-state index is 10.8. The number of hydrogen-bond acceptors (Lipinski definition) is 3. The molecule has 0 aromatic rings. The molecule has 1 aliphatic carbocycles. The summed E-state index contributed by atoms with van der Waals surface area (Å²) in [7, 11) is 0. The summed E-state index contributed by atoms with van der Waals surface area (Å²) in [5.41, 5.74) is -1.45. The van der Waals surface area contributed by atoms with Crippen molar-refractivity contribution >= 4 is 17.4 Å². The van der Waals surface area contributed by atoms with Gasteiger partial charge < -0.3 is 10.2 Å². The van der Waals surface area contributed by atoms with E-state index < -0.39 is 11.7 Å². The summed E-state index contributed by atoms with van der Waals surface area (Å²) in [5, 5.41) is 18.5. The number of rotatable bonds is 1. The van der Waals surface area contributed by atoms with Gasteiger partial charge in [-0.25, -0.2) is 0 Å². The van der Waals surface area contributed by atoms with Crippen LogP contribution in [-0.4, -0.2) is 27.7 Å². The monoisotopic (exact) mass is 176 g/mol. The Kier molecular flexibility index (Phi) is 2.05. The Bertz CT molecular complexity index is 222. The summed E-state index contributed by atoms with van der Waals surface area (Å²) in [4.78, 5) is 10.8. The van der Waals surface area contributed by atoms with Gasteiger partial charge in [0.25, 0.3) is 0 Å². The van der Waals surface area contributed by atoms with Crippen molar-refractivity contribution in [2.45, 2.75) is 25.0 Å². The number of carbonyl (C=O) groups excluding carboxylic acids is 1. The molecule has 11 heavy (non-hydrogen) atoms. The van der Waals surface area contributed by atoms with Crippen molar-refractivity contribution in [3.8, 4) is 0 Å². The first-order chi connectivity index (χ1) is 4.96. The molecule has 4 heteroatoms. The van der Waals surface area contributed by atoms with Crippen molar-refractivity contribution in [2.24, 2.45) is 0 Å². The molecule has 3 nitrogen and oxygen atoms in total. The lowest BCUT2D eigenvalue weighted by Crippen LogP contribution is -2.37. The van der Waals surface area contributed by atoms with E-state index in [9.17, 15) is 9.90 Å². The molecule has 0 aromatic heterocycles. The van der Waals surface area contributed by atoms with E-state index in [0.29, 0.717) is 0 Å². The largest absolute Gasteiger partial charge is 0.390 e. The average molecular weight is 177 g/mol. The van der Waals surface area contributed by atoms with Crippen molar-refractivity contribution in [2.75, 3.05) is 0 Å². The zero-order valence-electron chi connectivity index (χ0n) is 6.04. The van der Waals surface area contributed by atoms with Crippen LogP contribution in [0, 0.1) is 0 Å². The highest BCUT2D eigenvalue weighted by Crippen LogP contribution is 2.29. The molecule has 0 radical (unpaired) electrons. The molecule has 0 fully saturated rings. The fraction of sp³-hybridized carbons (Fsp3) is 0.571. The zero-order chi connectivity index (χ0) is 8.65. The molecule has 2 atom stereocenters. The summed E-state index contributed by atoms with van der Waals surface area (Å²) in [6.07, 6.45) is 0.105. The standard InChI is InChI=1S/C7H9ClO3/c1-4(9)7(11)2-5(8)6(10)3-7/h2,4,9,11H,3H2,1H3/t4-,7-/m0/s1. The highest BCUT2D eigenvalue weighted by molar-refractivity contribution is 6.43. The zero-order valence-corrected chi connectivity index (χ0v) is 6.80. The number of allylic oxidation sites excluding steroid dienone is 1. The summed E-state index contributed by atoms with van der Waals surface area (Å²) in [6.45, 7) is 1.42. The van der Waals surface area contributed by atoms with Crippen molar-refractivity contribution < 1.29 is 15.0 Å². The Morgan fingerprint density at radius 1 is 1.82 bits per heavy atom. The normalized spacial score (nSPS) is 33.8. The Morgan fingerprint density at radius 2 is 2.36 bits per heavy atom. The lowest BCUT2D eigenvalue weighted by Gasteiger charge is -2.22. The maximum Gasteiger partial charge on any atom is 0.177 e. The Labute approximate surface area is 69.3 Å². The predicted octanol–water partition coefficient (Wildman–Crippen LogP) is 0.194. The minimum Gasteiger partial charge on any atom is -0.390 e. The minimum atomic E-state index is -1.45. The molecular weight excluding hydrogens is 168 g/mol. The van der Waals surface area contributed by atoms with Crippen molar-refractivity contribution in [1.82, 2.24) is 0 Å². The van der Waals surface area contributed by atoms with Gasteiger partial charge in [0, 0.05) is 6.42 Å². The minimum absolute atomic E-state index is 0.00778. The van der Waals surface area contributed by atoms with E-state index >= 15 is 0 Å². The molecular formula is C7H9ClO3. The number of aliphatic hydroxyl groups is 2. The predicted molar refractivity (Wildman–Crippen MR) is 40.2 cm³/mol. The number of hydrogen-bond donors (Lipinski definition) is 2. The molecule has 0 aromatic carbocycles. The molecule has 0 saturated heterocycles. The van der Waals surface area contributed by atoms with Crippen molar-refractivity contribution in [3.05, 3.63) is 11.1 Å². The first kappa shape index (κ1) is 8.71. The molecule has 62 valence electrons. The first-order valence-electron chi connectivity index (χ1n) is 3.28. The third-order valence-corrected chi connectivity index (χ3v) is 2.13. The highest BCUT2D eigenvalue weighted by Gasteiger charge is 2.39. The van der Waals surface area contributed by atoms with Gasteiger partial charge in [-0.1, -0.05) is 11.6 Å². The highest BCUT2D eigenvalue weighted by atomic mass is 35.5. The van der Waals surface area contributed by atoms with Crippen LogP contribution in [0.3, 0.4) is 0 Å². The fourth-order valence-corrected chi connectivity index (χ4v) is 1.22. The quantitative estimate of drug-likeness (QED) is 0.600. The molecule has 0 spiro atoms. The van der Waals surface area contributed by atoms with Crippen molar-refractivity contribution in [3.63, 3.8) is 0 Å². The molecule has 2 N–H and O–H groups in total. The molecule has 1 aliphatic rings. The summed E-state index contributed by atoms with van der Waals surface area (Å²) in [6, 6.07) is 0. The van der Waals surface area contributed by atoms with Gasteiger partial charge in [-0.05, 0) is 13.0 Å².